The summed E-state index contributed by atoms with van der Waals surface area (Å²) < 4.78 is 0. The summed E-state index contributed by atoms with van der Waals surface area (Å²) >= 11 is 4.72. The van der Waals surface area contributed by atoms with Gasteiger partial charge in [0, 0.05) is 0 Å². The van der Waals surface area contributed by atoms with Gasteiger partial charge in [0.05, 0.1) is 0 Å². The molecule has 1 aliphatic rings. The monoisotopic (exact) mass is 260 g/mol. The average Bonchev–Trinajstić information content (AvgIpc) is 2.28. The van der Waals surface area contributed by atoms with E-state index in [2.05, 4.69) is 10.6 Å². The van der Waals surface area contributed by atoms with Gasteiger partial charge in [-0.1, -0.05) is 18.2 Å². The third kappa shape index (κ3) is 2.46. The first-order valence-corrected chi connectivity index (χ1v) is 5.84. The SMILES string of the molecule is Cc1ccc(C=C2C(=O)NC(=S)NC2=O)cc1C. The highest BCUT2D eigenvalue weighted by molar-refractivity contribution is 7.80. The van der Waals surface area contributed by atoms with Crippen molar-refractivity contribution < 1.29 is 9.59 Å². The van der Waals surface area contributed by atoms with E-state index in [-0.39, 0.29) is 10.7 Å². The molecule has 0 saturated carbocycles. The van der Waals surface area contributed by atoms with Crippen LogP contribution >= 0.6 is 12.2 Å². The predicted octanol–water partition coefficient (Wildman–Crippen LogP) is 1.22. The second-order valence-corrected chi connectivity index (χ2v) is 4.55. The average molecular weight is 260 g/mol. The molecule has 0 radical (unpaired) electrons. The Labute approximate surface area is 110 Å². The lowest BCUT2D eigenvalue weighted by Gasteiger charge is -2.16. The first-order chi connectivity index (χ1) is 8.47. The van der Waals surface area contributed by atoms with E-state index in [1.54, 1.807) is 6.08 Å². The molecule has 18 heavy (non-hydrogen) atoms. The van der Waals surface area contributed by atoms with E-state index in [1.165, 1.54) is 0 Å². The van der Waals surface area contributed by atoms with E-state index in [1.807, 2.05) is 32.0 Å². The Balaban J connectivity index is 2.37. The Morgan fingerprint density at radius 3 is 2.22 bits per heavy atom. The number of aryl methyl sites for hydroxylation is 2. The number of carbonyl (C=O) groups is 2. The molecule has 0 unspecified atom stereocenters. The van der Waals surface area contributed by atoms with Crippen molar-refractivity contribution in [2.75, 3.05) is 0 Å². The van der Waals surface area contributed by atoms with Gasteiger partial charge in [0.15, 0.2) is 5.11 Å². The van der Waals surface area contributed by atoms with Gasteiger partial charge in [-0.05, 0) is 48.8 Å². The zero-order valence-electron chi connectivity index (χ0n) is 10.0. The molecule has 1 aliphatic heterocycles. The lowest BCUT2D eigenvalue weighted by Crippen LogP contribution is -2.51. The summed E-state index contributed by atoms with van der Waals surface area (Å²) in [7, 11) is 0. The number of carbonyl (C=O) groups excluding carboxylic acids is 2. The Kier molecular flexibility index (Phi) is 3.25. The summed E-state index contributed by atoms with van der Waals surface area (Å²) in [6.07, 6.45) is 1.55. The van der Waals surface area contributed by atoms with Crippen molar-refractivity contribution in [3.8, 4) is 0 Å². The van der Waals surface area contributed by atoms with E-state index >= 15 is 0 Å². The zero-order valence-corrected chi connectivity index (χ0v) is 10.9. The van der Waals surface area contributed by atoms with Crippen LogP contribution in [0.5, 0.6) is 0 Å². The third-order valence-corrected chi connectivity index (χ3v) is 2.99. The molecule has 1 aromatic carbocycles. The van der Waals surface area contributed by atoms with Gasteiger partial charge in [-0.2, -0.15) is 0 Å². The molecule has 1 heterocycles. The Morgan fingerprint density at radius 1 is 1.06 bits per heavy atom. The number of benzene rings is 1. The van der Waals surface area contributed by atoms with Crippen LogP contribution in [0.15, 0.2) is 23.8 Å². The Morgan fingerprint density at radius 2 is 1.67 bits per heavy atom. The van der Waals surface area contributed by atoms with E-state index < -0.39 is 11.8 Å². The van der Waals surface area contributed by atoms with Crippen LogP contribution in [0.2, 0.25) is 0 Å². The van der Waals surface area contributed by atoms with E-state index in [4.69, 9.17) is 12.2 Å². The van der Waals surface area contributed by atoms with Crippen LogP contribution in [-0.2, 0) is 9.59 Å². The number of rotatable bonds is 1. The first kappa shape index (κ1) is 12.4. The largest absolute Gasteiger partial charge is 0.299 e. The highest BCUT2D eigenvalue weighted by atomic mass is 32.1. The van der Waals surface area contributed by atoms with Gasteiger partial charge in [-0.15, -0.1) is 0 Å². The fourth-order valence-electron chi connectivity index (χ4n) is 1.63. The molecule has 92 valence electrons. The van der Waals surface area contributed by atoms with Crippen LogP contribution in [-0.4, -0.2) is 16.9 Å². The van der Waals surface area contributed by atoms with Gasteiger partial charge in [0.2, 0.25) is 0 Å². The van der Waals surface area contributed by atoms with Crippen LogP contribution in [0.4, 0.5) is 0 Å². The Hall–Kier alpha value is -2.01. The molecule has 1 saturated heterocycles. The van der Waals surface area contributed by atoms with Crippen LogP contribution < -0.4 is 10.6 Å². The lowest BCUT2D eigenvalue weighted by molar-refractivity contribution is -0.123. The summed E-state index contributed by atoms with van der Waals surface area (Å²) in [6, 6.07) is 5.74. The lowest BCUT2D eigenvalue weighted by atomic mass is 10.0. The summed E-state index contributed by atoms with van der Waals surface area (Å²) in [4.78, 5) is 23.3. The molecule has 5 heteroatoms. The molecule has 0 bridgehead atoms. The van der Waals surface area contributed by atoms with E-state index in [0.29, 0.717) is 0 Å². The Bertz CT molecular complexity index is 569. The standard InChI is InChI=1S/C13H12N2O2S/c1-7-3-4-9(5-8(7)2)6-10-11(16)14-13(18)15-12(10)17/h3-6H,1-2H3,(H2,14,15,16,17,18). The van der Waals surface area contributed by atoms with Crippen LogP contribution in [0.25, 0.3) is 6.08 Å². The summed E-state index contributed by atoms with van der Waals surface area (Å²) in [6.45, 7) is 3.98. The van der Waals surface area contributed by atoms with Crippen molar-refractivity contribution in [1.82, 2.24) is 10.6 Å². The second-order valence-electron chi connectivity index (χ2n) is 4.14. The fraction of sp³-hybridized carbons (Fsp3) is 0.154. The summed E-state index contributed by atoms with van der Waals surface area (Å²) in [5, 5.41) is 4.84. The maximum Gasteiger partial charge on any atom is 0.263 e. The molecular formula is C13H12N2O2S. The molecule has 1 aromatic rings. The number of amides is 2. The third-order valence-electron chi connectivity index (χ3n) is 2.79. The van der Waals surface area contributed by atoms with Crippen LogP contribution in [0.1, 0.15) is 16.7 Å². The van der Waals surface area contributed by atoms with Crippen molar-refractivity contribution in [3.05, 3.63) is 40.5 Å². The van der Waals surface area contributed by atoms with Gasteiger partial charge in [0.25, 0.3) is 11.8 Å². The quantitative estimate of drug-likeness (QED) is 0.453. The molecule has 0 spiro atoms. The molecule has 1 fully saturated rings. The van der Waals surface area contributed by atoms with Gasteiger partial charge in [-0.25, -0.2) is 0 Å². The molecular weight excluding hydrogens is 248 g/mol. The predicted molar refractivity (Wildman–Crippen MR) is 72.8 cm³/mol. The van der Waals surface area contributed by atoms with Crippen molar-refractivity contribution in [2.24, 2.45) is 0 Å². The minimum absolute atomic E-state index is 0.0437. The minimum Gasteiger partial charge on any atom is -0.299 e. The van der Waals surface area contributed by atoms with Gasteiger partial charge >= 0.3 is 0 Å². The molecule has 0 aromatic heterocycles. The second kappa shape index (κ2) is 4.70. The number of nitrogens with one attached hydrogen (secondary N) is 2. The topological polar surface area (TPSA) is 58.2 Å². The highest BCUT2D eigenvalue weighted by Crippen LogP contribution is 2.14. The molecule has 2 N–H and O–H groups in total. The fourth-order valence-corrected chi connectivity index (χ4v) is 1.81. The molecule has 4 nitrogen and oxygen atoms in total. The van der Waals surface area contributed by atoms with Crippen molar-refractivity contribution in [1.29, 1.82) is 0 Å². The molecule has 2 rings (SSSR count). The van der Waals surface area contributed by atoms with E-state index in [0.717, 1.165) is 16.7 Å². The zero-order chi connectivity index (χ0) is 13.3. The smallest absolute Gasteiger partial charge is 0.263 e. The van der Waals surface area contributed by atoms with Crippen molar-refractivity contribution >= 4 is 35.2 Å². The maximum atomic E-state index is 11.6. The molecule has 0 aliphatic carbocycles. The van der Waals surface area contributed by atoms with E-state index in [9.17, 15) is 9.59 Å². The van der Waals surface area contributed by atoms with Gasteiger partial charge in [-0.3, -0.25) is 20.2 Å². The minimum atomic E-state index is -0.470. The van der Waals surface area contributed by atoms with Gasteiger partial charge < -0.3 is 0 Å². The maximum absolute atomic E-state index is 11.6. The summed E-state index contributed by atoms with van der Waals surface area (Å²) in [5.41, 5.74) is 3.14. The first-order valence-electron chi connectivity index (χ1n) is 5.43. The molecule has 2 amide bonds. The normalized spacial score (nSPS) is 15.2. The van der Waals surface area contributed by atoms with Crippen LogP contribution in [0.3, 0.4) is 0 Å². The van der Waals surface area contributed by atoms with Gasteiger partial charge in [0.1, 0.15) is 5.57 Å². The van der Waals surface area contributed by atoms with Crippen LogP contribution in [0, 0.1) is 13.8 Å². The molecule has 0 atom stereocenters. The number of thiocarbonyl (C=S) groups is 1. The van der Waals surface area contributed by atoms with Crippen molar-refractivity contribution in [3.63, 3.8) is 0 Å². The number of hydrogen-bond donors (Lipinski definition) is 2. The number of hydrogen-bond acceptors (Lipinski definition) is 3. The summed E-state index contributed by atoms with van der Waals surface area (Å²) in [5.74, 6) is -0.941. The highest BCUT2D eigenvalue weighted by Gasteiger charge is 2.25. The van der Waals surface area contributed by atoms with Crippen molar-refractivity contribution in [2.45, 2.75) is 13.8 Å².